The number of aryl methyl sites for hydroxylation is 1. The number of nitrogens with zero attached hydrogens (tertiary/aromatic N) is 3. The van der Waals surface area contributed by atoms with E-state index in [9.17, 15) is 9.90 Å². The molecule has 3 heterocycles. The van der Waals surface area contributed by atoms with Gasteiger partial charge in [-0.1, -0.05) is 6.08 Å². The summed E-state index contributed by atoms with van der Waals surface area (Å²) in [6.45, 7) is 7.67. The van der Waals surface area contributed by atoms with Crippen LogP contribution in [0.15, 0.2) is 18.2 Å². The van der Waals surface area contributed by atoms with E-state index in [4.69, 9.17) is 9.47 Å². The minimum absolute atomic E-state index is 0.188. The molecule has 10 heteroatoms. The average Bonchev–Trinajstić information content (AvgIpc) is 3.15. The number of fused-ring (bicyclic) bond motifs is 1. The van der Waals surface area contributed by atoms with Gasteiger partial charge in [0.1, 0.15) is 17.2 Å². The standard InChI is InChI=1S/C26H34FN5O4/c1-15-12-20(28-5)31-24(29-15)30-19-13-17-9-11-35-23(17)21(22(19)27)16-6-7-18(14-33)32(10-8-16)25(34)36-26(2,3)4/h8,12-13,18,33H,6-7,9-11,14H2,1-5H3,(H2,28,29,30,31). The maximum atomic E-state index is 16.1. The van der Waals surface area contributed by atoms with Gasteiger partial charge in [-0.15, -0.1) is 0 Å². The van der Waals surface area contributed by atoms with Gasteiger partial charge in [0, 0.05) is 37.3 Å². The first-order valence-corrected chi connectivity index (χ1v) is 12.2. The number of halogens is 1. The lowest BCUT2D eigenvalue weighted by molar-refractivity contribution is 0.0120. The summed E-state index contributed by atoms with van der Waals surface area (Å²) in [5, 5.41) is 16.0. The van der Waals surface area contributed by atoms with Crippen molar-refractivity contribution in [1.82, 2.24) is 14.9 Å². The van der Waals surface area contributed by atoms with Crippen LogP contribution in [0.5, 0.6) is 5.75 Å². The summed E-state index contributed by atoms with van der Waals surface area (Å²) in [4.78, 5) is 23.1. The zero-order valence-electron chi connectivity index (χ0n) is 21.4. The number of allylic oxidation sites excluding steroid dienone is 1. The van der Waals surface area contributed by atoms with Gasteiger partial charge in [0.15, 0.2) is 5.82 Å². The molecule has 9 nitrogen and oxygen atoms in total. The molecule has 4 rings (SSSR count). The number of hydrogen-bond acceptors (Lipinski definition) is 8. The topological polar surface area (TPSA) is 109 Å². The van der Waals surface area contributed by atoms with Crippen LogP contribution in [0.3, 0.4) is 0 Å². The maximum Gasteiger partial charge on any atom is 0.410 e. The molecule has 0 saturated carbocycles. The van der Waals surface area contributed by atoms with Gasteiger partial charge in [-0.25, -0.2) is 14.2 Å². The zero-order chi connectivity index (χ0) is 26.0. The molecule has 1 amide bonds. The van der Waals surface area contributed by atoms with Gasteiger partial charge in [-0.2, -0.15) is 4.98 Å². The van der Waals surface area contributed by atoms with Crippen LogP contribution >= 0.6 is 0 Å². The summed E-state index contributed by atoms with van der Waals surface area (Å²) in [7, 11) is 1.76. The Balaban J connectivity index is 1.70. The predicted octanol–water partition coefficient (Wildman–Crippen LogP) is 4.42. The molecule has 2 aliphatic heterocycles. The number of amides is 1. The van der Waals surface area contributed by atoms with E-state index >= 15 is 4.39 Å². The van der Waals surface area contributed by atoms with Crippen molar-refractivity contribution in [3.05, 3.63) is 40.8 Å². The van der Waals surface area contributed by atoms with Crippen molar-refractivity contribution in [2.75, 3.05) is 37.4 Å². The normalized spacial score (nSPS) is 17.6. The number of aromatic nitrogens is 2. The molecule has 0 radical (unpaired) electrons. The van der Waals surface area contributed by atoms with Gasteiger partial charge >= 0.3 is 6.09 Å². The Bertz CT molecular complexity index is 1180. The molecule has 0 saturated heterocycles. The van der Waals surface area contributed by atoms with Crippen molar-refractivity contribution in [2.45, 2.75) is 58.6 Å². The Labute approximate surface area is 210 Å². The molecule has 194 valence electrons. The smallest absolute Gasteiger partial charge is 0.410 e. The molecule has 2 aliphatic rings. The SMILES string of the molecule is CNc1cc(C)nc(Nc2cc3c(c(C4=CCN(C(=O)OC(C)(C)C)C(CO)CC4)c2F)OCC3)n1. The number of nitrogens with one attached hydrogen (secondary N) is 2. The van der Waals surface area contributed by atoms with Crippen LogP contribution in [-0.2, 0) is 11.2 Å². The minimum Gasteiger partial charge on any atom is -0.492 e. The number of carbonyl (C=O) groups excluding carboxylic acids is 1. The Hall–Kier alpha value is -3.40. The second kappa shape index (κ2) is 10.3. The Morgan fingerprint density at radius 2 is 2.08 bits per heavy atom. The van der Waals surface area contributed by atoms with E-state index in [1.807, 2.05) is 13.0 Å². The summed E-state index contributed by atoms with van der Waals surface area (Å²) < 4.78 is 27.5. The van der Waals surface area contributed by atoms with Gasteiger partial charge in [0.25, 0.3) is 0 Å². The average molecular weight is 500 g/mol. The van der Waals surface area contributed by atoms with E-state index < -0.39 is 23.6 Å². The first-order chi connectivity index (χ1) is 17.1. The number of hydrogen-bond donors (Lipinski definition) is 3. The molecule has 3 N–H and O–H groups in total. The van der Waals surface area contributed by atoms with Crippen LogP contribution < -0.4 is 15.4 Å². The van der Waals surface area contributed by atoms with Gasteiger partial charge in [0.05, 0.1) is 30.5 Å². The highest BCUT2D eigenvalue weighted by Crippen LogP contribution is 2.42. The van der Waals surface area contributed by atoms with Crippen molar-refractivity contribution in [1.29, 1.82) is 0 Å². The number of aliphatic hydroxyl groups is 1. The Morgan fingerprint density at radius 1 is 1.31 bits per heavy atom. The lowest BCUT2D eigenvalue weighted by Crippen LogP contribution is -2.44. The van der Waals surface area contributed by atoms with E-state index in [1.54, 1.807) is 40.0 Å². The molecular weight excluding hydrogens is 465 g/mol. The van der Waals surface area contributed by atoms with Crippen LogP contribution in [-0.4, -0.2) is 64.5 Å². The fourth-order valence-corrected chi connectivity index (χ4v) is 4.46. The monoisotopic (exact) mass is 499 g/mol. The second-order valence-electron chi connectivity index (χ2n) is 10.0. The third-order valence-corrected chi connectivity index (χ3v) is 6.15. The molecule has 2 aromatic rings. The summed E-state index contributed by atoms with van der Waals surface area (Å²) in [5.74, 6) is 0.967. The first-order valence-electron chi connectivity index (χ1n) is 12.2. The summed E-state index contributed by atoms with van der Waals surface area (Å²) in [5.41, 5.74) is 2.32. The molecule has 0 spiro atoms. The van der Waals surface area contributed by atoms with Crippen LogP contribution in [0.2, 0.25) is 0 Å². The molecular formula is C26H34FN5O4. The molecule has 1 atom stereocenters. The number of aliphatic hydroxyl groups excluding tert-OH is 1. The lowest BCUT2D eigenvalue weighted by Gasteiger charge is -2.31. The van der Waals surface area contributed by atoms with Gasteiger partial charge in [0.2, 0.25) is 5.95 Å². The van der Waals surface area contributed by atoms with Crippen LogP contribution in [0.1, 0.15) is 50.4 Å². The van der Waals surface area contributed by atoms with Crippen molar-refractivity contribution in [3.63, 3.8) is 0 Å². The number of rotatable bonds is 5. The number of anilines is 3. The van der Waals surface area contributed by atoms with E-state index in [0.717, 1.165) is 16.8 Å². The van der Waals surface area contributed by atoms with Gasteiger partial charge < -0.3 is 25.2 Å². The molecule has 0 fully saturated rings. The predicted molar refractivity (Wildman–Crippen MR) is 136 cm³/mol. The third-order valence-electron chi connectivity index (χ3n) is 6.15. The summed E-state index contributed by atoms with van der Waals surface area (Å²) in [6.07, 6.45) is 2.90. The van der Waals surface area contributed by atoms with E-state index in [1.165, 1.54) is 4.90 Å². The van der Waals surface area contributed by atoms with Crippen molar-refractivity contribution in [2.24, 2.45) is 0 Å². The maximum absolute atomic E-state index is 16.1. The van der Waals surface area contributed by atoms with Gasteiger partial charge in [-0.3, -0.25) is 4.90 Å². The Morgan fingerprint density at radius 3 is 2.78 bits per heavy atom. The molecule has 36 heavy (non-hydrogen) atoms. The molecule has 0 bridgehead atoms. The molecule has 1 aromatic carbocycles. The highest BCUT2D eigenvalue weighted by atomic mass is 19.1. The van der Waals surface area contributed by atoms with Crippen molar-refractivity contribution in [3.8, 4) is 5.75 Å². The lowest BCUT2D eigenvalue weighted by atomic mass is 9.95. The summed E-state index contributed by atoms with van der Waals surface area (Å²) in [6, 6.07) is 3.10. The molecule has 1 aromatic heterocycles. The minimum atomic E-state index is -0.665. The largest absolute Gasteiger partial charge is 0.492 e. The zero-order valence-corrected chi connectivity index (χ0v) is 21.4. The van der Waals surface area contributed by atoms with Crippen LogP contribution in [0.25, 0.3) is 5.57 Å². The second-order valence-corrected chi connectivity index (χ2v) is 10.0. The number of ether oxygens (including phenoxy) is 2. The fraction of sp³-hybridized carbons (Fsp3) is 0.500. The Kier molecular flexibility index (Phi) is 7.35. The molecule has 0 aliphatic carbocycles. The fourth-order valence-electron chi connectivity index (χ4n) is 4.46. The quantitative estimate of drug-likeness (QED) is 0.555. The highest BCUT2D eigenvalue weighted by molar-refractivity contribution is 5.79. The number of benzene rings is 1. The van der Waals surface area contributed by atoms with Crippen molar-refractivity contribution >= 4 is 29.1 Å². The van der Waals surface area contributed by atoms with Crippen LogP contribution in [0, 0.1) is 12.7 Å². The van der Waals surface area contributed by atoms with Crippen molar-refractivity contribution < 1.29 is 23.8 Å². The number of carbonyl (C=O) groups is 1. The molecule has 1 unspecified atom stereocenters. The first kappa shape index (κ1) is 25.7. The highest BCUT2D eigenvalue weighted by Gasteiger charge is 2.32. The summed E-state index contributed by atoms with van der Waals surface area (Å²) >= 11 is 0. The van der Waals surface area contributed by atoms with E-state index in [2.05, 4.69) is 20.6 Å². The van der Waals surface area contributed by atoms with E-state index in [0.29, 0.717) is 43.0 Å². The van der Waals surface area contributed by atoms with E-state index in [-0.39, 0.29) is 24.8 Å². The van der Waals surface area contributed by atoms with Crippen LogP contribution in [0.4, 0.5) is 26.6 Å². The van der Waals surface area contributed by atoms with Gasteiger partial charge in [-0.05, 0) is 52.2 Å². The third kappa shape index (κ3) is 5.53.